The van der Waals surface area contributed by atoms with Crippen LogP contribution in [0.4, 0.5) is 5.69 Å². The van der Waals surface area contributed by atoms with E-state index in [-0.39, 0.29) is 0 Å². The van der Waals surface area contributed by atoms with Gasteiger partial charge in [0.05, 0.1) is 31.4 Å². The second-order valence-corrected chi connectivity index (χ2v) is 9.45. The van der Waals surface area contributed by atoms with Gasteiger partial charge < -0.3 is 14.2 Å². The van der Waals surface area contributed by atoms with Crippen molar-refractivity contribution >= 4 is 27.8 Å². The molecule has 3 rings (SSSR count). The Morgan fingerprint density at radius 3 is 2.19 bits per heavy atom. The minimum atomic E-state index is -3.73. The van der Waals surface area contributed by atoms with E-state index in [1.807, 2.05) is 44.2 Å². The van der Waals surface area contributed by atoms with Gasteiger partial charge in [-0.2, -0.15) is 5.10 Å². The molecule has 10 heteroatoms. The number of nitrogens with zero attached hydrogens (tertiary/aromatic N) is 2. The van der Waals surface area contributed by atoms with E-state index in [1.165, 1.54) is 6.21 Å². The quantitative estimate of drug-likeness (QED) is 0.289. The SMILES string of the molecule is CCOc1ccc(/C=N\NC(=O)CN(c2ccc(Oc3ccccc3)cc2)S(C)(=O)=O)cc1OCC. The van der Waals surface area contributed by atoms with E-state index in [2.05, 4.69) is 10.5 Å². The van der Waals surface area contributed by atoms with Gasteiger partial charge in [0.25, 0.3) is 5.91 Å². The number of hydrogen-bond acceptors (Lipinski definition) is 7. The molecule has 0 aromatic heterocycles. The Hall–Kier alpha value is -4.05. The smallest absolute Gasteiger partial charge is 0.260 e. The number of anilines is 1. The molecule has 190 valence electrons. The number of carbonyl (C=O) groups is 1. The highest BCUT2D eigenvalue weighted by Gasteiger charge is 2.21. The number of para-hydroxylation sites is 1. The van der Waals surface area contributed by atoms with Gasteiger partial charge in [-0.05, 0) is 74.0 Å². The summed E-state index contributed by atoms with van der Waals surface area (Å²) in [6.07, 6.45) is 2.48. The molecule has 0 aliphatic rings. The molecule has 0 unspecified atom stereocenters. The normalized spacial score (nSPS) is 11.2. The molecule has 9 nitrogen and oxygen atoms in total. The molecule has 0 atom stereocenters. The van der Waals surface area contributed by atoms with Crippen molar-refractivity contribution in [1.29, 1.82) is 0 Å². The molecule has 1 amide bonds. The van der Waals surface area contributed by atoms with Gasteiger partial charge in [0, 0.05) is 0 Å². The molecule has 0 aliphatic carbocycles. The largest absolute Gasteiger partial charge is 0.490 e. The maximum atomic E-state index is 12.5. The lowest BCUT2D eigenvalue weighted by Gasteiger charge is -2.21. The van der Waals surface area contributed by atoms with Gasteiger partial charge in [0.15, 0.2) is 11.5 Å². The zero-order chi connectivity index (χ0) is 26.0. The highest BCUT2D eigenvalue weighted by atomic mass is 32.2. The standard InChI is InChI=1S/C26H29N3O6S/c1-4-33-24-16-11-20(17-25(24)34-5-2)18-27-28-26(30)19-29(36(3,31)32)21-12-14-23(15-13-21)35-22-9-7-6-8-10-22/h6-18H,4-5,19H2,1-3H3,(H,28,30)/b27-18-. The molecule has 1 N–H and O–H groups in total. The number of benzene rings is 3. The molecule has 0 bridgehead atoms. The molecule has 36 heavy (non-hydrogen) atoms. The molecule has 0 spiro atoms. The van der Waals surface area contributed by atoms with Crippen LogP contribution in [0.1, 0.15) is 19.4 Å². The number of ether oxygens (including phenoxy) is 3. The van der Waals surface area contributed by atoms with E-state index >= 15 is 0 Å². The predicted molar refractivity (Wildman–Crippen MR) is 140 cm³/mol. The first-order valence-corrected chi connectivity index (χ1v) is 13.2. The topological polar surface area (TPSA) is 107 Å². The van der Waals surface area contributed by atoms with Gasteiger partial charge in [0.2, 0.25) is 10.0 Å². The molecule has 3 aromatic rings. The summed E-state index contributed by atoms with van der Waals surface area (Å²) >= 11 is 0. The summed E-state index contributed by atoms with van der Waals surface area (Å²) in [5.41, 5.74) is 3.37. The molecule has 0 aliphatic heterocycles. The maximum absolute atomic E-state index is 12.5. The first-order chi connectivity index (χ1) is 17.3. The fraction of sp³-hybridized carbons (Fsp3) is 0.231. The Balaban J connectivity index is 1.65. The van der Waals surface area contributed by atoms with Crippen LogP contribution < -0.4 is 23.9 Å². The van der Waals surface area contributed by atoms with E-state index in [0.29, 0.717) is 47.5 Å². The highest BCUT2D eigenvalue weighted by Crippen LogP contribution is 2.28. The fourth-order valence-electron chi connectivity index (χ4n) is 3.20. The van der Waals surface area contributed by atoms with Gasteiger partial charge >= 0.3 is 0 Å². The molecule has 0 radical (unpaired) electrons. The first kappa shape index (κ1) is 26.6. The third kappa shape index (κ3) is 7.74. The molecule has 3 aromatic carbocycles. The number of sulfonamides is 1. The van der Waals surface area contributed by atoms with Crippen LogP contribution in [0, 0.1) is 0 Å². The Morgan fingerprint density at radius 1 is 0.917 bits per heavy atom. The van der Waals surface area contributed by atoms with Crippen LogP contribution in [0.3, 0.4) is 0 Å². The first-order valence-electron chi connectivity index (χ1n) is 11.3. The van der Waals surface area contributed by atoms with E-state index in [1.54, 1.807) is 42.5 Å². The lowest BCUT2D eigenvalue weighted by molar-refractivity contribution is -0.119. The van der Waals surface area contributed by atoms with Crippen LogP contribution in [0.25, 0.3) is 0 Å². The zero-order valence-electron chi connectivity index (χ0n) is 20.4. The van der Waals surface area contributed by atoms with Crippen LogP contribution >= 0.6 is 0 Å². The van der Waals surface area contributed by atoms with Crippen molar-refractivity contribution in [1.82, 2.24) is 5.43 Å². The van der Waals surface area contributed by atoms with Crippen molar-refractivity contribution in [2.45, 2.75) is 13.8 Å². The van der Waals surface area contributed by atoms with Crippen LogP contribution in [0.5, 0.6) is 23.0 Å². The summed E-state index contributed by atoms with van der Waals surface area (Å²) in [6.45, 7) is 4.28. The van der Waals surface area contributed by atoms with Gasteiger partial charge in [0.1, 0.15) is 18.0 Å². The van der Waals surface area contributed by atoms with Crippen LogP contribution in [-0.2, 0) is 14.8 Å². The summed E-state index contributed by atoms with van der Waals surface area (Å²) in [5.74, 6) is 1.77. The summed E-state index contributed by atoms with van der Waals surface area (Å²) in [6, 6.07) is 20.9. The minimum absolute atomic E-state index is 0.324. The Bertz CT molecular complexity index is 1280. The monoisotopic (exact) mass is 511 g/mol. The molecule has 0 fully saturated rings. The second kappa shape index (κ2) is 12.6. The Morgan fingerprint density at radius 2 is 1.56 bits per heavy atom. The van der Waals surface area contributed by atoms with E-state index < -0.39 is 22.5 Å². The maximum Gasteiger partial charge on any atom is 0.260 e. The van der Waals surface area contributed by atoms with E-state index in [0.717, 1.165) is 10.6 Å². The summed E-state index contributed by atoms with van der Waals surface area (Å²) in [7, 11) is -3.73. The van der Waals surface area contributed by atoms with Crippen molar-refractivity contribution in [3.05, 3.63) is 78.4 Å². The Labute approximate surface area is 211 Å². The number of hydrogen-bond donors (Lipinski definition) is 1. The van der Waals surface area contributed by atoms with E-state index in [9.17, 15) is 13.2 Å². The summed E-state index contributed by atoms with van der Waals surface area (Å²) in [5, 5.41) is 3.95. The number of amides is 1. The number of rotatable bonds is 12. The lowest BCUT2D eigenvalue weighted by atomic mass is 10.2. The average molecular weight is 512 g/mol. The van der Waals surface area contributed by atoms with Crippen molar-refractivity contribution in [2.75, 3.05) is 30.3 Å². The second-order valence-electron chi connectivity index (χ2n) is 7.54. The van der Waals surface area contributed by atoms with Gasteiger partial charge in [-0.25, -0.2) is 13.8 Å². The number of hydrazone groups is 1. The predicted octanol–water partition coefficient (Wildman–Crippen LogP) is 4.19. The van der Waals surface area contributed by atoms with Gasteiger partial charge in [-0.3, -0.25) is 9.10 Å². The van der Waals surface area contributed by atoms with Crippen molar-refractivity contribution in [3.63, 3.8) is 0 Å². The number of nitrogens with one attached hydrogen (secondary N) is 1. The third-order valence-corrected chi connectivity index (χ3v) is 5.90. The van der Waals surface area contributed by atoms with Crippen LogP contribution in [0.15, 0.2) is 77.9 Å². The molecule has 0 saturated heterocycles. The zero-order valence-corrected chi connectivity index (χ0v) is 21.2. The van der Waals surface area contributed by atoms with Crippen LogP contribution in [-0.4, -0.2) is 46.6 Å². The number of carbonyl (C=O) groups excluding carboxylic acids is 1. The van der Waals surface area contributed by atoms with Crippen molar-refractivity contribution in [2.24, 2.45) is 5.10 Å². The van der Waals surface area contributed by atoms with Crippen LogP contribution in [0.2, 0.25) is 0 Å². The summed E-state index contributed by atoms with van der Waals surface area (Å²) < 4.78 is 42.6. The molecular formula is C26H29N3O6S. The molecular weight excluding hydrogens is 482 g/mol. The van der Waals surface area contributed by atoms with Gasteiger partial charge in [-0.15, -0.1) is 0 Å². The molecule has 0 heterocycles. The Kier molecular flexibility index (Phi) is 9.29. The fourth-order valence-corrected chi connectivity index (χ4v) is 4.05. The highest BCUT2D eigenvalue weighted by molar-refractivity contribution is 7.92. The molecule has 0 saturated carbocycles. The lowest BCUT2D eigenvalue weighted by Crippen LogP contribution is -2.39. The third-order valence-electron chi connectivity index (χ3n) is 4.76. The minimum Gasteiger partial charge on any atom is -0.490 e. The van der Waals surface area contributed by atoms with Gasteiger partial charge in [-0.1, -0.05) is 18.2 Å². The van der Waals surface area contributed by atoms with E-state index in [4.69, 9.17) is 14.2 Å². The van der Waals surface area contributed by atoms with Crippen molar-refractivity contribution < 1.29 is 27.4 Å². The average Bonchev–Trinajstić information content (AvgIpc) is 2.85. The summed E-state index contributed by atoms with van der Waals surface area (Å²) in [4.78, 5) is 12.5. The van der Waals surface area contributed by atoms with Crippen molar-refractivity contribution in [3.8, 4) is 23.0 Å².